The van der Waals surface area contributed by atoms with Crippen molar-refractivity contribution in [1.29, 1.82) is 0 Å². The highest BCUT2D eigenvalue weighted by Crippen LogP contribution is 2.45. The second-order valence-electron chi connectivity index (χ2n) is 7.08. The summed E-state index contributed by atoms with van der Waals surface area (Å²) in [5.41, 5.74) is 5.82. The molecule has 0 bridgehead atoms. The average Bonchev–Trinajstić information content (AvgIpc) is 2.90. The van der Waals surface area contributed by atoms with Gasteiger partial charge in [-0.15, -0.1) is 0 Å². The lowest BCUT2D eigenvalue weighted by molar-refractivity contribution is 0.414. The van der Waals surface area contributed by atoms with Crippen molar-refractivity contribution in [2.75, 3.05) is 7.11 Å². The monoisotopic (exact) mass is 424 g/mol. The molecule has 32 heavy (non-hydrogen) atoms. The number of ether oxygens (including phenoxy) is 1. The van der Waals surface area contributed by atoms with Crippen LogP contribution in [-0.4, -0.2) is 7.11 Å². The minimum atomic E-state index is -0.400. The van der Waals surface area contributed by atoms with E-state index in [0.717, 1.165) is 5.75 Å². The Hall–Kier alpha value is -3.32. The normalized spacial score (nSPS) is 10.2. The van der Waals surface area contributed by atoms with Gasteiger partial charge in [0.25, 0.3) is 0 Å². The van der Waals surface area contributed by atoms with Crippen LogP contribution < -0.4 is 4.74 Å². The Kier molecular flexibility index (Phi) is 9.76. The van der Waals surface area contributed by atoms with E-state index in [-0.39, 0.29) is 0 Å². The Labute approximate surface area is 194 Å². The molecule has 4 aromatic rings. The van der Waals surface area contributed by atoms with Crippen LogP contribution >= 0.6 is 0 Å². The Balaban J connectivity index is 0.000000860. The SMILES string of the molecule is CC.CC.COc1ccc(C(c2ccccc2)(c2ccccc2)c2ccc(C)cc2)cc1. The summed E-state index contributed by atoms with van der Waals surface area (Å²) >= 11 is 0. The highest BCUT2D eigenvalue weighted by Gasteiger charge is 2.38. The van der Waals surface area contributed by atoms with Crippen molar-refractivity contribution in [2.24, 2.45) is 0 Å². The van der Waals surface area contributed by atoms with E-state index in [1.807, 2.05) is 39.8 Å². The van der Waals surface area contributed by atoms with Gasteiger partial charge in [0.2, 0.25) is 0 Å². The molecule has 0 N–H and O–H groups in total. The highest BCUT2D eigenvalue weighted by atomic mass is 16.5. The molecule has 4 rings (SSSR count). The van der Waals surface area contributed by atoms with Gasteiger partial charge in [0, 0.05) is 0 Å². The van der Waals surface area contributed by atoms with Gasteiger partial charge in [-0.3, -0.25) is 0 Å². The lowest BCUT2D eigenvalue weighted by atomic mass is 9.65. The van der Waals surface area contributed by atoms with E-state index >= 15 is 0 Å². The molecule has 0 aliphatic rings. The third-order valence-corrected chi connectivity index (χ3v) is 5.42. The fourth-order valence-corrected chi connectivity index (χ4v) is 4.02. The summed E-state index contributed by atoms with van der Waals surface area (Å²) in [5.74, 6) is 0.864. The van der Waals surface area contributed by atoms with Gasteiger partial charge in [-0.2, -0.15) is 0 Å². The third kappa shape index (κ3) is 5.11. The zero-order valence-electron chi connectivity index (χ0n) is 20.3. The van der Waals surface area contributed by atoms with Crippen LogP contribution in [-0.2, 0) is 5.41 Å². The molecule has 166 valence electrons. The molecule has 0 atom stereocenters. The molecule has 0 aliphatic carbocycles. The zero-order valence-corrected chi connectivity index (χ0v) is 20.3. The minimum absolute atomic E-state index is 0.400. The smallest absolute Gasteiger partial charge is 0.118 e. The van der Waals surface area contributed by atoms with Crippen LogP contribution in [0.1, 0.15) is 55.5 Å². The number of hydrogen-bond acceptors (Lipinski definition) is 1. The van der Waals surface area contributed by atoms with E-state index in [9.17, 15) is 0 Å². The van der Waals surface area contributed by atoms with Crippen molar-refractivity contribution >= 4 is 0 Å². The molecule has 1 nitrogen and oxygen atoms in total. The molecule has 0 aliphatic heterocycles. The first kappa shape index (κ1) is 24.9. The molecular formula is C31H36O. The minimum Gasteiger partial charge on any atom is -0.497 e. The summed E-state index contributed by atoms with van der Waals surface area (Å²) in [6.45, 7) is 10.1. The molecular weight excluding hydrogens is 388 g/mol. The van der Waals surface area contributed by atoms with Gasteiger partial charge in [-0.25, -0.2) is 0 Å². The maximum absolute atomic E-state index is 5.41. The molecule has 0 unspecified atom stereocenters. The summed E-state index contributed by atoms with van der Waals surface area (Å²) in [5, 5.41) is 0. The zero-order chi connectivity index (χ0) is 23.4. The fraction of sp³-hybridized carbons (Fsp3) is 0.226. The summed E-state index contributed by atoms with van der Waals surface area (Å²) in [6, 6.07) is 38.8. The van der Waals surface area contributed by atoms with Gasteiger partial charge in [0.05, 0.1) is 12.5 Å². The lowest BCUT2D eigenvalue weighted by Gasteiger charge is -2.37. The standard InChI is InChI=1S/C27H24O.2C2H6/c1-21-13-15-24(16-14-21)27(22-9-5-3-6-10-22,23-11-7-4-8-12-23)25-17-19-26(28-2)20-18-25;2*1-2/h3-20H,1-2H3;2*1-2H3. The second-order valence-corrected chi connectivity index (χ2v) is 7.08. The summed E-state index contributed by atoms with van der Waals surface area (Å²) in [6.07, 6.45) is 0. The van der Waals surface area contributed by atoms with Crippen molar-refractivity contribution in [1.82, 2.24) is 0 Å². The Morgan fingerprint density at radius 1 is 0.469 bits per heavy atom. The average molecular weight is 425 g/mol. The number of aryl methyl sites for hydroxylation is 1. The van der Waals surface area contributed by atoms with Crippen LogP contribution in [0.2, 0.25) is 0 Å². The molecule has 1 heteroatoms. The van der Waals surface area contributed by atoms with Gasteiger partial charge < -0.3 is 4.74 Å². The number of hydrogen-bond donors (Lipinski definition) is 0. The van der Waals surface area contributed by atoms with Crippen LogP contribution in [0.3, 0.4) is 0 Å². The van der Waals surface area contributed by atoms with Gasteiger partial charge in [0.15, 0.2) is 0 Å². The summed E-state index contributed by atoms with van der Waals surface area (Å²) in [4.78, 5) is 0. The van der Waals surface area contributed by atoms with E-state index in [1.165, 1.54) is 27.8 Å². The van der Waals surface area contributed by atoms with Gasteiger partial charge >= 0.3 is 0 Å². The molecule has 0 fully saturated rings. The van der Waals surface area contributed by atoms with Crippen molar-refractivity contribution in [3.05, 3.63) is 137 Å². The maximum atomic E-state index is 5.41. The lowest BCUT2D eigenvalue weighted by Crippen LogP contribution is -2.30. The predicted octanol–water partition coefficient (Wildman–Crippen LogP) is 8.44. The van der Waals surface area contributed by atoms with Crippen LogP contribution in [0.25, 0.3) is 0 Å². The van der Waals surface area contributed by atoms with Crippen LogP contribution in [0.4, 0.5) is 0 Å². The number of benzene rings is 4. The second kappa shape index (κ2) is 12.5. The molecule has 0 aromatic heterocycles. The van der Waals surface area contributed by atoms with E-state index in [2.05, 4.69) is 104 Å². The summed E-state index contributed by atoms with van der Waals surface area (Å²) < 4.78 is 5.41. The number of methoxy groups -OCH3 is 1. The van der Waals surface area contributed by atoms with E-state index < -0.39 is 5.41 Å². The molecule has 0 heterocycles. The predicted molar refractivity (Wildman–Crippen MR) is 139 cm³/mol. The van der Waals surface area contributed by atoms with Crippen LogP contribution in [0.15, 0.2) is 109 Å². The molecule has 4 aromatic carbocycles. The van der Waals surface area contributed by atoms with E-state index in [1.54, 1.807) is 7.11 Å². The fourth-order valence-electron chi connectivity index (χ4n) is 4.02. The molecule has 0 saturated carbocycles. The van der Waals surface area contributed by atoms with Crippen LogP contribution in [0.5, 0.6) is 5.75 Å². The molecule has 0 spiro atoms. The first-order valence-electron chi connectivity index (χ1n) is 11.6. The van der Waals surface area contributed by atoms with E-state index in [4.69, 9.17) is 4.74 Å². The van der Waals surface area contributed by atoms with Gasteiger partial charge in [0.1, 0.15) is 5.75 Å². The first-order chi connectivity index (χ1) is 15.7. The van der Waals surface area contributed by atoms with Crippen molar-refractivity contribution < 1.29 is 4.74 Å². The Morgan fingerprint density at radius 3 is 1.19 bits per heavy atom. The third-order valence-electron chi connectivity index (χ3n) is 5.42. The van der Waals surface area contributed by atoms with Crippen molar-refractivity contribution in [3.63, 3.8) is 0 Å². The maximum Gasteiger partial charge on any atom is 0.118 e. The van der Waals surface area contributed by atoms with Crippen LogP contribution in [0, 0.1) is 6.92 Å². The molecule has 0 saturated heterocycles. The van der Waals surface area contributed by atoms with Crippen molar-refractivity contribution in [3.8, 4) is 5.75 Å². The van der Waals surface area contributed by atoms with Gasteiger partial charge in [-0.05, 0) is 41.3 Å². The Morgan fingerprint density at radius 2 is 0.812 bits per heavy atom. The van der Waals surface area contributed by atoms with E-state index in [0.29, 0.717) is 0 Å². The first-order valence-corrected chi connectivity index (χ1v) is 11.6. The Bertz CT molecular complexity index is 978. The molecule has 0 amide bonds. The quantitative estimate of drug-likeness (QED) is 0.292. The largest absolute Gasteiger partial charge is 0.497 e. The highest BCUT2D eigenvalue weighted by molar-refractivity contribution is 5.60. The number of rotatable bonds is 5. The summed E-state index contributed by atoms with van der Waals surface area (Å²) in [7, 11) is 1.70. The van der Waals surface area contributed by atoms with Crippen molar-refractivity contribution in [2.45, 2.75) is 40.0 Å². The van der Waals surface area contributed by atoms with Gasteiger partial charge in [-0.1, -0.05) is 130 Å². The topological polar surface area (TPSA) is 9.23 Å². The molecule has 0 radical (unpaired) electrons.